The maximum atomic E-state index is 12.4. The molecule has 0 amide bonds. The number of fused-ring (bicyclic) bond motifs is 1. The minimum atomic E-state index is -3.59. The van der Waals surface area contributed by atoms with E-state index < -0.39 is 10.0 Å². The number of nitrogens with one attached hydrogen (secondary N) is 2. The zero-order valence-electron chi connectivity index (χ0n) is 12.9. The van der Waals surface area contributed by atoms with Gasteiger partial charge < -0.3 is 9.84 Å². The normalized spacial score (nSPS) is 21.5. The van der Waals surface area contributed by atoms with E-state index in [1.54, 1.807) is 13.0 Å². The first-order chi connectivity index (χ1) is 10.3. The zero-order chi connectivity index (χ0) is 16.0. The number of aromatic nitrogens is 2. The van der Waals surface area contributed by atoms with Crippen molar-refractivity contribution in [2.24, 2.45) is 5.41 Å². The fourth-order valence-corrected chi connectivity index (χ4v) is 3.79. The lowest BCUT2D eigenvalue weighted by molar-refractivity contribution is 0.400. The molecular formula is C14H20N4O3S. The molecule has 3 rings (SSSR count). The summed E-state index contributed by atoms with van der Waals surface area (Å²) in [5, 5.41) is 7.73. The number of sulfonamides is 1. The van der Waals surface area contributed by atoms with Gasteiger partial charge in [0.25, 0.3) is 5.71 Å². The molecule has 2 N–H and O–H groups in total. The third-order valence-electron chi connectivity index (χ3n) is 3.98. The highest BCUT2D eigenvalue weighted by atomic mass is 32.2. The van der Waals surface area contributed by atoms with Crippen LogP contribution in [0.4, 0.5) is 0 Å². The first-order valence-corrected chi connectivity index (χ1v) is 8.70. The van der Waals surface area contributed by atoms with Crippen LogP contribution in [0.5, 0.6) is 0 Å². The van der Waals surface area contributed by atoms with Crippen LogP contribution >= 0.6 is 0 Å². The Morgan fingerprint density at radius 3 is 2.95 bits per heavy atom. The van der Waals surface area contributed by atoms with E-state index in [2.05, 4.69) is 34.0 Å². The van der Waals surface area contributed by atoms with Gasteiger partial charge in [-0.05, 0) is 24.8 Å². The maximum Gasteiger partial charge on any atom is 0.257 e. The van der Waals surface area contributed by atoms with Crippen molar-refractivity contribution in [3.8, 4) is 0 Å². The molecule has 0 radical (unpaired) electrons. The molecule has 0 bridgehead atoms. The molecule has 3 heterocycles. The molecule has 2 aromatic rings. The van der Waals surface area contributed by atoms with Crippen LogP contribution in [0.25, 0.3) is 11.1 Å². The summed E-state index contributed by atoms with van der Waals surface area (Å²) in [6.07, 6.45) is 2.23. The predicted octanol–water partition coefficient (Wildman–Crippen LogP) is 1.20. The lowest BCUT2D eigenvalue weighted by atomic mass is 9.91. The fourth-order valence-electron chi connectivity index (χ4n) is 2.74. The molecule has 0 aromatic carbocycles. The Morgan fingerprint density at radius 2 is 2.27 bits per heavy atom. The Balaban J connectivity index is 1.75. The summed E-state index contributed by atoms with van der Waals surface area (Å²) in [5.41, 5.74) is 1.17. The molecule has 0 aliphatic carbocycles. The molecule has 1 aliphatic rings. The van der Waals surface area contributed by atoms with Crippen molar-refractivity contribution in [1.82, 2.24) is 20.2 Å². The third-order valence-corrected chi connectivity index (χ3v) is 5.37. The molecule has 1 fully saturated rings. The minimum Gasteiger partial charge on any atom is -0.336 e. The average Bonchev–Trinajstić information content (AvgIpc) is 3.00. The van der Waals surface area contributed by atoms with Gasteiger partial charge in [0.1, 0.15) is 4.90 Å². The van der Waals surface area contributed by atoms with Crippen molar-refractivity contribution in [3.63, 3.8) is 0 Å². The van der Waals surface area contributed by atoms with Crippen molar-refractivity contribution >= 4 is 21.1 Å². The van der Waals surface area contributed by atoms with E-state index in [9.17, 15) is 8.42 Å². The molecule has 0 saturated carbocycles. The van der Waals surface area contributed by atoms with E-state index >= 15 is 0 Å². The molecule has 2 aromatic heterocycles. The Bertz CT molecular complexity index is 798. The second kappa shape index (κ2) is 5.29. The molecule has 22 heavy (non-hydrogen) atoms. The number of aryl methyl sites for hydroxylation is 1. The fraction of sp³-hybridized carbons (Fsp3) is 0.571. The molecule has 8 heteroatoms. The minimum absolute atomic E-state index is 0.128. The van der Waals surface area contributed by atoms with Gasteiger partial charge in [0, 0.05) is 19.1 Å². The van der Waals surface area contributed by atoms with Crippen LogP contribution < -0.4 is 10.0 Å². The van der Waals surface area contributed by atoms with Gasteiger partial charge in [-0.3, -0.25) is 0 Å². The van der Waals surface area contributed by atoms with Crippen LogP contribution in [0.3, 0.4) is 0 Å². The van der Waals surface area contributed by atoms with E-state index in [4.69, 9.17) is 4.52 Å². The Morgan fingerprint density at radius 1 is 1.50 bits per heavy atom. The maximum absolute atomic E-state index is 12.4. The molecule has 1 atom stereocenters. The smallest absolute Gasteiger partial charge is 0.257 e. The number of nitrogens with zero attached hydrogens (tertiary/aromatic N) is 2. The van der Waals surface area contributed by atoms with Crippen LogP contribution in [0.2, 0.25) is 0 Å². The van der Waals surface area contributed by atoms with Gasteiger partial charge in [0.05, 0.1) is 17.3 Å². The second-order valence-electron chi connectivity index (χ2n) is 6.59. The Hall–Kier alpha value is -1.51. The van der Waals surface area contributed by atoms with Crippen LogP contribution in [-0.4, -0.2) is 37.7 Å². The van der Waals surface area contributed by atoms with Gasteiger partial charge in [-0.1, -0.05) is 19.0 Å². The summed E-state index contributed by atoms with van der Waals surface area (Å²) in [6.45, 7) is 7.35. The predicted molar refractivity (Wildman–Crippen MR) is 81.9 cm³/mol. The van der Waals surface area contributed by atoms with Crippen molar-refractivity contribution < 1.29 is 12.9 Å². The van der Waals surface area contributed by atoms with E-state index in [-0.39, 0.29) is 16.4 Å². The molecule has 0 unspecified atom stereocenters. The Labute approximate surface area is 129 Å². The lowest BCUT2D eigenvalue weighted by Gasteiger charge is -2.15. The number of pyridine rings is 1. The molecule has 0 spiro atoms. The quantitative estimate of drug-likeness (QED) is 0.877. The third kappa shape index (κ3) is 2.99. The molecule has 120 valence electrons. The summed E-state index contributed by atoms with van der Waals surface area (Å²) in [7, 11) is -3.59. The summed E-state index contributed by atoms with van der Waals surface area (Å²) in [4.78, 5) is 4.14. The molecule has 1 aliphatic heterocycles. The van der Waals surface area contributed by atoms with Gasteiger partial charge in [-0.2, -0.15) is 0 Å². The van der Waals surface area contributed by atoms with Gasteiger partial charge in [-0.25, -0.2) is 18.1 Å². The first kappa shape index (κ1) is 15.4. The van der Waals surface area contributed by atoms with Crippen molar-refractivity contribution in [2.75, 3.05) is 13.1 Å². The number of hydrogen-bond donors (Lipinski definition) is 2. The van der Waals surface area contributed by atoms with E-state index in [0.29, 0.717) is 23.3 Å². The molecular weight excluding hydrogens is 304 g/mol. The van der Waals surface area contributed by atoms with Crippen LogP contribution in [0, 0.1) is 12.3 Å². The highest BCUT2D eigenvalue weighted by Crippen LogP contribution is 2.27. The van der Waals surface area contributed by atoms with Crippen LogP contribution in [0.1, 0.15) is 26.0 Å². The van der Waals surface area contributed by atoms with E-state index in [1.807, 2.05) is 0 Å². The standard InChI is InChI=1S/C14H20N4O3S/c1-9-12-4-11(7-15-13(12)21-18-9)22(19,20)17-6-10-5-14(2,3)8-16-10/h4,7,10,16-17H,5-6,8H2,1-3H3/t10-/m0/s1. The van der Waals surface area contributed by atoms with Crippen LogP contribution in [0.15, 0.2) is 21.7 Å². The zero-order valence-corrected chi connectivity index (χ0v) is 13.7. The van der Waals surface area contributed by atoms with Gasteiger partial charge in [0.2, 0.25) is 10.0 Å². The van der Waals surface area contributed by atoms with Gasteiger partial charge in [-0.15, -0.1) is 0 Å². The summed E-state index contributed by atoms with van der Waals surface area (Å²) in [6, 6.07) is 1.70. The largest absolute Gasteiger partial charge is 0.336 e. The van der Waals surface area contributed by atoms with Crippen molar-refractivity contribution in [3.05, 3.63) is 18.0 Å². The molecule has 7 nitrogen and oxygen atoms in total. The highest BCUT2D eigenvalue weighted by molar-refractivity contribution is 7.89. The summed E-state index contributed by atoms with van der Waals surface area (Å²) >= 11 is 0. The topological polar surface area (TPSA) is 97.1 Å². The van der Waals surface area contributed by atoms with Crippen molar-refractivity contribution in [1.29, 1.82) is 0 Å². The highest BCUT2D eigenvalue weighted by Gasteiger charge is 2.31. The van der Waals surface area contributed by atoms with E-state index in [0.717, 1.165) is 13.0 Å². The van der Waals surface area contributed by atoms with Gasteiger partial charge >= 0.3 is 0 Å². The number of hydrogen-bond acceptors (Lipinski definition) is 6. The monoisotopic (exact) mass is 324 g/mol. The SMILES string of the molecule is Cc1noc2ncc(S(=O)(=O)NC[C@@H]3CC(C)(C)CN3)cc12. The second-order valence-corrected chi connectivity index (χ2v) is 8.36. The Kier molecular flexibility index (Phi) is 3.70. The first-order valence-electron chi connectivity index (χ1n) is 7.22. The van der Waals surface area contributed by atoms with E-state index in [1.165, 1.54) is 6.20 Å². The average molecular weight is 324 g/mol. The van der Waals surface area contributed by atoms with Gasteiger partial charge in [0.15, 0.2) is 0 Å². The lowest BCUT2D eigenvalue weighted by Crippen LogP contribution is -2.37. The summed E-state index contributed by atoms with van der Waals surface area (Å²) < 4.78 is 32.4. The van der Waals surface area contributed by atoms with Crippen molar-refractivity contribution in [2.45, 2.75) is 38.1 Å². The number of rotatable bonds is 4. The molecule has 1 saturated heterocycles. The van der Waals surface area contributed by atoms with Crippen LogP contribution in [-0.2, 0) is 10.0 Å². The summed E-state index contributed by atoms with van der Waals surface area (Å²) in [5.74, 6) is 0.